The molecule has 3 aromatic rings. The monoisotopic (exact) mass is 344 g/mol. The van der Waals surface area contributed by atoms with E-state index in [-0.39, 0.29) is 14.5 Å². The van der Waals surface area contributed by atoms with Crippen LogP contribution in [0.4, 0.5) is 0 Å². The average molecular weight is 343 g/mol. The molecule has 2 N–H and O–H groups in total. The molecule has 2 aromatic carbocycles. The molecule has 1 heterocycles. The Morgan fingerprint density at radius 2 is 1.19 bits per heavy atom. The molecule has 1 aromatic heterocycles. The summed E-state index contributed by atoms with van der Waals surface area (Å²) in [6.07, 6.45) is -1.20. The second-order valence-electron chi connectivity index (χ2n) is 4.91. The molecule has 0 aliphatic rings. The van der Waals surface area contributed by atoms with Gasteiger partial charge in [0.1, 0.15) is 0 Å². The maximum absolute atomic E-state index is 10.4. The van der Waals surface area contributed by atoms with Crippen molar-refractivity contribution in [2.75, 3.05) is 0 Å². The second kappa shape index (κ2) is 6.42. The molecule has 2 nitrogen and oxygen atoms in total. The van der Waals surface area contributed by atoms with Crippen LogP contribution in [0.2, 0.25) is 0 Å². The summed E-state index contributed by atoms with van der Waals surface area (Å²) >= 11 is 0.0837. The molecule has 3 rings (SSSR count). The summed E-state index contributed by atoms with van der Waals surface area (Å²) in [6, 6.07) is 21.2. The summed E-state index contributed by atoms with van der Waals surface area (Å²) in [5, 5.41) is 20.8. The molecule has 0 radical (unpaired) electrons. The average Bonchev–Trinajstić information content (AvgIpc) is 3.05. The normalized spacial score (nSPS) is 13.8. The van der Waals surface area contributed by atoms with Crippen LogP contribution in [0.1, 0.15) is 33.3 Å². The van der Waals surface area contributed by atoms with Gasteiger partial charge >= 0.3 is 130 Å². The molecule has 2 atom stereocenters. The quantitative estimate of drug-likeness (QED) is 0.715. The Morgan fingerprint density at radius 3 is 1.76 bits per heavy atom. The van der Waals surface area contributed by atoms with E-state index in [2.05, 4.69) is 0 Å². The molecule has 0 spiro atoms. The van der Waals surface area contributed by atoms with Crippen molar-refractivity contribution in [3.8, 4) is 0 Å². The van der Waals surface area contributed by atoms with Gasteiger partial charge in [-0.05, 0) is 0 Å². The molecule has 3 heteroatoms. The fraction of sp³-hybridized carbons (Fsp3) is 0.111. The van der Waals surface area contributed by atoms with Crippen LogP contribution in [0.25, 0.3) is 0 Å². The zero-order valence-electron chi connectivity index (χ0n) is 11.4. The molecule has 0 fully saturated rings. The zero-order chi connectivity index (χ0) is 14.7. The number of benzene rings is 2. The number of aliphatic hydroxyl groups excluding tert-OH is 2. The van der Waals surface area contributed by atoms with Crippen LogP contribution < -0.4 is 0 Å². The van der Waals surface area contributed by atoms with E-state index in [0.29, 0.717) is 0 Å². The van der Waals surface area contributed by atoms with Gasteiger partial charge in [-0.25, -0.2) is 0 Å². The number of hydrogen-bond acceptors (Lipinski definition) is 2. The van der Waals surface area contributed by atoms with Gasteiger partial charge in [-0.2, -0.15) is 0 Å². The first-order chi connectivity index (χ1) is 10.3. The van der Waals surface area contributed by atoms with E-state index in [1.54, 1.807) is 0 Å². The molecule has 2 unspecified atom stereocenters. The van der Waals surface area contributed by atoms with Crippen molar-refractivity contribution in [1.29, 1.82) is 0 Å². The summed E-state index contributed by atoms with van der Waals surface area (Å²) in [7, 11) is 0. The van der Waals surface area contributed by atoms with Gasteiger partial charge in [-0.15, -0.1) is 0 Å². The predicted octanol–water partition coefficient (Wildman–Crippen LogP) is 2.91. The third-order valence-corrected chi connectivity index (χ3v) is 5.56. The predicted molar refractivity (Wildman–Crippen MR) is 84.4 cm³/mol. The second-order valence-corrected chi connectivity index (χ2v) is 6.89. The molecule has 0 aliphatic heterocycles. The van der Waals surface area contributed by atoms with Gasteiger partial charge in [-0.1, -0.05) is 0 Å². The Balaban J connectivity index is 1.84. The topological polar surface area (TPSA) is 40.5 Å². The van der Waals surface area contributed by atoms with Crippen molar-refractivity contribution in [2.24, 2.45) is 0 Å². The maximum atomic E-state index is 10.4. The fourth-order valence-corrected chi connectivity index (χ4v) is 4.25. The molecule has 106 valence electrons. The van der Waals surface area contributed by atoms with Gasteiger partial charge in [-0.3, -0.25) is 0 Å². The number of hydrogen-bond donors (Lipinski definition) is 2. The number of aliphatic hydroxyl groups is 2. The van der Waals surface area contributed by atoms with Crippen LogP contribution in [0, 0.1) is 0 Å². The summed E-state index contributed by atoms with van der Waals surface area (Å²) in [4.78, 5) is 2.05. The van der Waals surface area contributed by atoms with E-state index in [1.165, 1.54) is 0 Å². The van der Waals surface area contributed by atoms with Crippen molar-refractivity contribution in [1.82, 2.24) is 0 Å². The van der Waals surface area contributed by atoms with Crippen LogP contribution in [0.5, 0.6) is 0 Å². The van der Waals surface area contributed by atoms with E-state index in [9.17, 15) is 10.2 Å². The van der Waals surface area contributed by atoms with E-state index >= 15 is 0 Å². The Hall–Kier alpha value is -1.64. The van der Waals surface area contributed by atoms with E-state index in [4.69, 9.17) is 0 Å². The Morgan fingerprint density at radius 1 is 0.667 bits per heavy atom. The molecular formula is C18H16O2Se. The molecule has 0 bridgehead atoms. The van der Waals surface area contributed by atoms with Crippen LogP contribution in [0.15, 0.2) is 71.7 Å². The standard InChI is InChI=1S/C18H16O2Se/c19-17(13-7-3-1-4-8-13)15-11-16(21-12-15)18(20)14-9-5-2-6-10-14/h1-12,17-20H. The van der Waals surface area contributed by atoms with Gasteiger partial charge in [0.2, 0.25) is 0 Å². The molecule has 0 aliphatic carbocycles. The summed E-state index contributed by atoms with van der Waals surface area (Å²) < 4.78 is 0.985. The van der Waals surface area contributed by atoms with Crippen molar-refractivity contribution < 1.29 is 10.2 Å². The fourth-order valence-electron chi connectivity index (χ4n) is 2.28. The van der Waals surface area contributed by atoms with Gasteiger partial charge in [0.15, 0.2) is 0 Å². The Labute approximate surface area is 130 Å². The summed E-state index contributed by atoms with van der Waals surface area (Å²) in [6.45, 7) is 0. The van der Waals surface area contributed by atoms with Crippen molar-refractivity contribution in [3.63, 3.8) is 0 Å². The van der Waals surface area contributed by atoms with Crippen LogP contribution in [-0.2, 0) is 0 Å². The third kappa shape index (κ3) is 3.17. The SMILES string of the molecule is OC(c1ccccc1)c1c[se]c(C(O)c2ccccc2)c1. The van der Waals surface area contributed by atoms with Crippen LogP contribution in [0.3, 0.4) is 0 Å². The first kappa shape index (κ1) is 14.3. The molecule has 0 saturated carbocycles. The Bertz CT molecular complexity index is 632. The Kier molecular flexibility index (Phi) is 4.37. The third-order valence-electron chi connectivity index (χ3n) is 3.46. The van der Waals surface area contributed by atoms with Gasteiger partial charge in [0.25, 0.3) is 0 Å². The first-order valence-corrected chi connectivity index (χ1v) is 8.64. The van der Waals surface area contributed by atoms with E-state index in [1.807, 2.05) is 71.7 Å². The van der Waals surface area contributed by atoms with Crippen molar-refractivity contribution >= 4 is 14.5 Å². The zero-order valence-corrected chi connectivity index (χ0v) is 13.1. The summed E-state index contributed by atoms with van der Waals surface area (Å²) in [5.74, 6) is 0. The summed E-state index contributed by atoms with van der Waals surface area (Å²) in [5.41, 5.74) is 2.66. The van der Waals surface area contributed by atoms with Gasteiger partial charge < -0.3 is 0 Å². The van der Waals surface area contributed by atoms with E-state index < -0.39 is 12.2 Å². The first-order valence-electron chi connectivity index (χ1n) is 6.80. The van der Waals surface area contributed by atoms with Gasteiger partial charge in [0, 0.05) is 0 Å². The van der Waals surface area contributed by atoms with Crippen molar-refractivity contribution in [2.45, 2.75) is 12.2 Å². The van der Waals surface area contributed by atoms with Gasteiger partial charge in [0.05, 0.1) is 0 Å². The van der Waals surface area contributed by atoms with Crippen LogP contribution in [-0.4, -0.2) is 24.7 Å². The number of rotatable bonds is 4. The molecule has 21 heavy (non-hydrogen) atoms. The van der Waals surface area contributed by atoms with Crippen molar-refractivity contribution in [3.05, 3.63) is 92.8 Å². The van der Waals surface area contributed by atoms with E-state index in [0.717, 1.165) is 21.1 Å². The van der Waals surface area contributed by atoms with Crippen LogP contribution >= 0.6 is 0 Å². The minimum absolute atomic E-state index is 0.0837. The minimum atomic E-state index is -0.617. The molecule has 0 saturated heterocycles. The molecular weight excluding hydrogens is 327 g/mol. The molecule has 0 amide bonds.